The van der Waals surface area contributed by atoms with Gasteiger partial charge in [-0.25, -0.2) is 0 Å². The van der Waals surface area contributed by atoms with Crippen LogP contribution < -0.4 is 11.1 Å². The summed E-state index contributed by atoms with van der Waals surface area (Å²) in [6.45, 7) is 7.56. The maximum Gasteiger partial charge on any atom is 0.255 e. The molecule has 0 aliphatic heterocycles. The molecule has 10 heteroatoms. The number of rotatable bonds is 6. The molecule has 0 bridgehead atoms. The third-order valence-corrected chi connectivity index (χ3v) is 8.11. The summed E-state index contributed by atoms with van der Waals surface area (Å²) in [5, 5.41) is 48.1. The Bertz CT molecular complexity index is 1260. The number of thioether (sulfide) groups is 1. The maximum atomic E-state index is 13.7. The van der Waals surface area contributed by atoms with Crippen molar-refractivity contribution in [1.82, 2.24) is 5.32 Å². The minimum absolute atomic E-state index is 0.0430. The number of aromatic hydroxyl groups is 1. The zero-order chi connectivity index (χ0) is 27.4. The van der Waals surface area contributed by atoms with Gasteiger partial charge in [0.25, 0.3) is 5.91 Å². The van der Waals surface area contributed by atoms with Gasteiger partial charge in [0.15, 0.2) is 11.4 Å². The van der Waals surface area contributed by atoms with Gasteiger partial charge < -0.3 is 31.5 Å². The van der Waals surface area contributed by atoms with Crippen molar-refractivity contribution in [3.05, 3.63) is 45.2 Å². The summed E-state index contributed by atoms with van der Waals surface area (Å²) in [6.07, 6.45) is 1.97. The second-order valence-electron chi connectivity index (χ2n) is 11.4. The van der Waals surface area contributed by atoms with Gasteiger partial charge in [0.2, 0.25) is 5.78 Å². The minimum atomic E-state index is -2.56. The molecular weight excluding hydrogens is 496 g/mol. The SMILES string of the molecule is CSCc1cc(CNCC(C)(C)C)c2c(c1O)C(O)=C1C(=O)C3(O)C(O)=C(C(N)=O)C(=O)CC3CC1C2. The lowest BCUT2D eigenvalue weighted by Gasteiger charge is -2.46. The monoisotopic (exact) mass is 530 g/mol. The second-order valence-corrected chi connectivity index (χ2v) is 12.3. The van der Waals surface area contributed by atoms with E-state index in [0.717, 1.165) is 12.1 Å². The third kappa shape index (κ3) is 4.45. The van der Waals surface area contributed by atoms with Crippen LogP contribution in [0.15, 0.2) is 23.0 Å². The number of primary amides is 1. The number of hydrogen-bond acceptors (Lipinski definition) is 9. The average molecular weight is 531 g/mol. The van der Waals surface area contributed by atoms with E-state index in [1.54, 1.807) is 0 Å². The van der Waals surface area contributed by atoms with Gasteiger partial charge in [0.05, 0.1) is 5.56 Å². The predicted octanol–water partition coefficient (Wildman–Crippen LogP) is 2.42. The average Bonchev–Trinajstić information content (AvgIpc) is 2.78. The van der Waals surface area contributed by atoms with Crippen LogP contribution in [-0.2, 0) is 33.1 Å². The van der Waals surface area contributed by atoms with Gasteiger partial charge in [-0.15, -0.1) is 0 Å². The van der Waals surface area contributed by atoms with Crippen LogP contribution in [0.3, 0.4) is 0 Å². The number of nitrogens with two attached hydrogens (primary N) is 1. The molecule has 3 atom stereocenters. The molecule has 200 valence electrons. The first-order valence-corrected chi connectivity index (χ1v) is 13.6. The number of phenolic OH excluding ortho intramolecular Hbond substituents is 1. The Labute approximate surface area is 219 Å². The van der Waals surface area contributed by atoms with Crippen molar-refractivity contribution in [2.45, 2.75) is 57.9 Å². The number of hydrogen-bond donors (Lipinski definition) is 6. The first-order chi connectivity index (χ1) is 17.2. The quantitative estimate of drug-likeness (QED) is 0.302. The van der Waals surface area contributed by atoms with Crippen molar-refractivity contribution in [2.24, 2.45) is 23.0 Å². The predicted molar refractivity (Wildman–Crippen MR) is 140 cm³/mol. The Morgan fingerprint density at radius 2 is 1.86 bits per heavy atom. The van der Waals surface area contributed by atoms with Gasteiger partial charge in [-0.05, 0) is 47.6 Å². The number of benzene rings is 1. The highest BCUT2D eigenvalue weighted by Crippen LogP contribution is 2.52. The van der Waals surface area contributed by atoms with E-state index in [2.05, 4.69) is 26.1 Å². The number of ketones is 2. The number of carbonyl (C=O) groups excluding carboxylic acids is 3. The topological polar surface area (TPSA) is 170 Å². The molecule has 1 saturated carbocycles. The first-order valence-electron chi connectivity index (χ1n) is 12.3. The van der Waals surface area contributed by atoms with Crippen molar-refractivity contribution in [1.29, 1.82) is 0 Å². The number of fused-ring (bicyclic) bond motifs is 3. The molecule has 1 fully saturated rings. The Kier molecular flexibility index (Phi) is 6.98. The highest BCUT2D eigenvalue weighted by molar-refractivity contribution is 7.97. The lowest BCUT2D eigenvalue weighted by molar-refractivity contribution is -0.147. The number of carbonyl (C=O) groups is 3. The van der Waals surface area contributed by atoms with Gasteiger partial charge in [0.1, 0.15) is 22.8 Å². The molecule has 1 amide bonds. The fourth-order valence-corrected chi connectivity index (χ4v) is 6.35. The van der Waals surface area contributed by atoms with E-state index in [9.17, 15) is 34.8 Å². The van der Waals surface area contributed by atoms with E-state index in [-0.39, 0.29) is 35.1 Å². The van der Waals surface area contributed by atoms with Crippen molar-refractivity contribution >= 4 is 35.0 Å². The van der Waals surface area contributed by atoms with Gasteiger partial charge in [-0.1, -0.05) is 20.8 Å². The zero-order valence-electron chi connectivity index (χ0n) is 21.5. The maximum absolute atomic E-state index is 13.7. The first kappa shape index (κ1) is 27.2. The van der Waals surface area contributed by atoms with Crippen LogP contribution in [0.25, 0.3) is 5.76 Å². The fraction of sp³-hybridized carbons (Fsp3) is 0.519. The van der Waals surface area contributed by atoms with Crippen molar-refractivity contribution in [3.63, 3.8) is 0 Å². The van der Waals surface area contributed by atoms with E-state index in [4.69, 9.17) is 5.73 Å². The Hall–Kier alpha value is -2.82. The van der Waals surface area contributed by atoms with Crippen molar-refractivity contribution in [2.75, 3.05) is 12.8 Å². The Morgan fingerprint density at radius 3 is 2.46 bits per heavy atom. The van der Waals surface area contributed by atoms with Gasteiger partial charge in [-0.2, -0.15) is 11.8 Å². The lowest BCUT2D eigenvalue weighted by Crippen LogP contribution is -2.58. The number of Topliss-reactive ketones (excluding diaryl/α,β-unsaturated/α-hetero) is 2. The van der Waals surface area contributed by atoms with Crippen LogP contribution in [0.4, 0.5) is 0 Å². The molecule has 0 aromatic heterocycles. The molecule has 37 heavy (non-hydrogen) atoms. The van der Waals surface area contributed by atoms with Crippen molar-refractivity contribution in [3.8, 4) is 5.75 Å². The number of aliphatic hydroxyl groups excluding tert-OH is 2. The molecule has 9 nitrogen and oxygen atoms in total. The number of amides is 1. The van der Waals surface area contributed by atoms with Crippen LogP contribution in [0.5, 0.6) is 5.75 Å². The fourth-order valence-electron chi connectivity index (χ4n) is 5.82. The van der Waals surface area contributed by atoms with Gasteiger partial charge in [-0.3, -0.25) is 14.4 Å². The summed E-state index contributed by atoms with van der Waals surface area (Å²) < 4.78 is 0. The zero-order valence-corrected chi connectivity index (χ0v) is 22.3. The summed E-state index contributed by atoms with van der Waals surface area (Å²) in [5.74, 6) is -5.65. The van der Waals surface area contributed by atoms with E-state index < -0.39 is 52.0 Å². The highest BCUT2D eigenvalue weighted by Gasteiger charge is 2.60. The van der Waals surface area contributed by atoms with Gasteiger partial charge in [0, 0.05) is 42.3 Å². The number of phenols is 1. The molecule has 0 radical (unpaired) electrons. The number of nitrogens with one attached hydrogen (secondary N) is 1. The van der Waals surface area contributed by atoms with Crippen LogP contribution in [0.1, 0.15) is 55.9 Å². The number of aliphatic hydroxyl groups is 3. The molecular formula is C27H34N2O7S. The molecule has 1 aromatic carbocycles. The lowest BCUT2D eigenvalue weighted by atomic mass is 9.59. The van der Waals surface area contributed by atoms with Crippen LogP contribution in [0, 0.1) is 17.3 Å². The molecule has 1 aromatic rings. The molecule has 4 rings (SSSR count). The van der Waals surface area contributed by atoms with E-state index in [1.165, 1.54) is 11.8 Å². The molecule has 3 unspecified atom stereocenters. The largest absolute Gasteiger partial charge is 0.508 e. The summed E-state index contributed by atoms with van der Waals surface area (Å²) in [5.41, 5.74) is 4.15. The highest BCUT2D eigenvalue weighted by atomic mass is 32.2. The van der Waals surface area contributed by atoms with Crippen LogP contribution in [-0.4, -0.2) is 56.3 Å². The normalized spacial score (nSPS) is 25.6. The minimum Gasteiger partial charge on any atom is -0.508 e. The molecule has 7 N–H and O–H groups in total. The Morgan fingerprint density at radius 1 is 1.19 bits per heavy atom. The van der Waals surface area contributed by atoms with Crippen LogP contribution >= 0.6 is 11.8 Å². The van der Waals surface area contributed by atoms with E-state index in [0.29, 0.717) is 29.8 Å². The standard InChI is InChI=1S/C27H34N2O7S/c1-26(2,3)11-29-9-13-5-14(10-37-4)21(31)19-16(13)7-12-6-15-8-17(30)20(25(28)35)24(34)27(15,36)23(33)18(12)22(19)32/h5,12,15,29,31-32,34,36H,6-11H2,1-4H3,(H2,28,35). The van der Waals surface area contributed by atoms with Crippen LogP contribution in [0.2, 0.25) is 0 Å². The third-order valence-electron chi connectivity index (χ3n) is 7.51. The summed E-state index contributed by atoms with van der Waals surface area (Å²) in [4.78, 5) is 38.0. The van der Waals surface area contributed by atoms with E-state index >= 15 is 0 Å². The van der Waals surface area contributed by atoms with E-state index in [1.807, 2.05) is 12.3 Å². The molecule has 3 aliphatic rings. The second kappa shape index (κ2) is 9.49. The molecule has 0 spiro atoms. The smallest absolute Gasteiger partial charge is 0.255 e. The molecule has 0 saturated heterocycles. The summed E-state index contributed by atoms with van der Waals surface area (Å²) in [7, 11) is 0. The molecule has 0 heterocycles. The summed E-state index contributed by atoms with van der Waals surface area (Å²) >= 11 is 1.50. The Balaban J connectivity index is 1.86. The van der Waals surface area contributed by atoms with Crippen molar-refractivity contribution < 1.29 is 34.8 Å². The van der Waals surface area contributed by atoms with Gasteiger partial charge >= 0.3 is 0 Å². The molecule has 3 aliphatic carbocycles. The summed E-state index contributed by atoms with van der Waals surface area (Å²) in [6, 6.07) is 1.91.